The molecule has 0 atom stereocenters. The van der Waals surface area contributed by atoms with Gasteiger partial charge in [-0.05, 0) is 36.4 Å². The molecule has 0 aliphatic carbocycles. The third-order valence-corrected chi connectivity index (χ3v) is 4.82. The van der Waals surface area contributed by atoms with E-state index in [0.717, 1.165) is 5.69 Å². The van der Waals surface area contributed by atoms with Crippen LogP contribution in [-0.2, 0) is 0 Å². The number of nitriles is 1. The van der Waals surface area contributed by atoms with Crippen molar-refractivity contribution in [3.8, 4) is 6.07 Å². The maximum atomic E-state index is 12.4. The summed E-state index contributed by atoms with van der Waals surface area (Å²) in [6, 6.07) is 14.5. The lowest BCUT2D eigenvalue weighted by molar-refractivity contribution is 0.208. The number of hydrogen-bond donors (Lipinski definition) is 1. The van der Waals surface area contributed by atoms with E-state index in [1.54, 1.807) is 29.2 Å². The average Bonchev–Trinajstić information content (AvgIpc) is 2.65. The fraction of sp³-hybridized carbons (Fsp3) is 0.222. The zero-order valence-electron chi connectivity index (χ0n) is 13.4. The summed E-state index contributed by atoms with van der Waals surface area (Å²) >= 11 is 11.8. The number of nitrogens with zero attached hydrogens (tertiary/aromatic N) is 3. The van der Waals surface area contributed by atoms with E-state index in [0.29, 0.717) is 47.5 Å². The van der Waals surface area contributed by atoms with Crippen LogP contribution in [0.5, 0.6) is 0 Å². The molecular formula is C18H16Cl2N4O. The van der Waals surface area contributed by atoms with Gasteiger partial charge in [-0.1, -0.05) is 29.3 Å². The minimum Gasteiger partial charge on any atom is -0.368 e. The molecule has 0 aromatic heterocycles. The summed E-state index contributed by atoms with van der Waals surface area (Å²) in [7, 11) is 0. The topological polar surface area (TPSA) is 59.4 Å². The van der Waals surface area contributed by atoms with Crippen LogP contribution < -0.4 is 10.2 Å². The van der Waals surface area contributed by atoms with E-state index in [4.69, 9.17) is 28.5 Å². The molecule has 1 aliphatic rings. The van der Waals surface area contributed by atoms with E-state index < -0.39 is 0 Å². The molecule has 0 radical (unpaired) electrons. The highest BCUT2D eigenvalue weighted by molar-refractivity contribution is 6.42. The van der Waals surface area contributed by atoms with Gasteiger partial charge in [0.2, 0.25) is 0 Å². The largest absolute Gasteiger partial charge is 0.368 e. The Hall–Kier alpha value is -2.42. The summed E-state index contributed by atoms with van der Waals surface area (Å²) in [5.41, 5.74) is 2.25. The third kappa shape index (κ3) is 4.16. The Morgan fingerprint density at radius 2 is 1.80 bits per heavy atom. The molecule has 5 nitrogen and oxygen atoms in total. The molecule has 2 amide bonds. The number of urea groups is 1. The van der Waals surface area contributed by atoms with Gasteiger partial charge in [0.25, 0.3) is 0 Å². The van der Waals surface area contributed by atoms with Gasteiger partial charge in [0.05, 0.1) is 21.7 Å². The molecule has 3 rings (SSSR count). The second-order valence-corrected chi connectivity index (χ2v) is 6.51. The van der Waals surface area contributed by atoms with Crippen LogP contribution in [0.3, 0.4) is 0 Å². The van der Waals surface area contributed by atoms with Gasteiger partial charge in [-0.25, -0.2) is 4.79 Å². The highest BCUT2D eigenvalue weighted by Crippen LogP contribution is 2.25. The highest BCUT2D eigenvalue weighted by Gasteiger charge is 2.21. The second-order valence-electron chi connectivity index (χ2n) is 5.70. The van der Waals surface area contributed by atoms with Gasteiger partial charge < -0.3 is 15.1 Å². The van der Waals surface area contributed by atoms with Crippen molar-refractivity contribution in [1.82, 2.24) is 4.90 Å². The predicted molar refractivity (Wildman–Crippen MR) is 100 cm³/mol. The minimum atomic E-state index is -0.163. The van der Waals surface area contributed by atoms with Crippen molar-refractivity contribution in [3.05, 3.63) is 58.1 Å². The van der Waals surface area contributed by atoms with Gasteiger partial charge in [0, 0.05) is 37.6 Å². The number of hydrogen-bond acceptors (Lipinski definition) is 3. The van der Waals surface area contributed by atoms with Gasteiger partial charge in [-0.2, -0.15) is 5.26 Å². The van der Waals surface area contributed by atoms with E-state index in [-0.39, 0.29) is 6.03 Å². The number of carbonyl (C=O) groups is 1. The van der Waals surface area contributed by atoms with Crippen molar-refractivity contribution in [2.75, 3.05) is 36.4 Å². The number of piperazine rings is 1. The lowest BCUT2D eigenvalue weighted by atomic mass is 10.2. The van der Waals surface area contributed by atoms with Crippen molar-refractivity contribution < 1.29 is 4.79 Å². The van der Waals surface area contributed by atoms with Crippen molar-refractivity contribution in [2.24, 2.45) is 0 Å². The smallest absolute Gasteiger partial charge is 0.321 e. The minimum absolute atomic E-state index is 0.163. The molecule has 1 N–H and O–H groups in total. The standard InChI is InChI=1S/C18H16Cl2N4O/c19-16-5-4-14(11-17(16)20)22-18(25)24-8-6-23(7-9-24)15-3-1-2-13(10-15)12-21/h1-5,10-11H,6-9H2,(H,22,25). The second kappa shape index (κ2) is 7.64. The first-order valence-corrected chi connectivity index (χ1v) is 8.58. The molecule has 0 spiro atoms. The number of carbonyl (C=O) groups excluding carboxylic acids is 1. The molecule has 128 valence electrons. The first kappa shape index (κ1) is 17.4. The van der Waals surface area contributed by atoms with Crippen molar-refractivity contribution in [2.45, 2.75) is 0 Å². The summed E-state index contributed by atoms with van der Waals surface area (Å²) < 4.78 is 0. The van der Waals surface area contributed by atoms with Crippen LogP contribution in [-0.4, -0.2) is 37.1 Å². The maximum absolute atomic E-state index is 12.4. The normalized spacial score (nSPS) is 14.1. The fourth-order valence-corrected chi connectivity index (χ4v) is 3.01. The molecule has 0 saturated carbocycles. The molecule has 0 bridgehead atoms. The Kier molecular flexibility index (Phi) is 5.32. The van der Waals surface area contributed by atoms with Gasteiger partial charge in [0.15, 0.2) is 0 Å². The van der Waals surface area contributed by atoms with E-state index >= 15 is 0 Å². The molecular weight excluding hydrogens is 359 g/mol. The first-order chi connectivity index (χ1) is 12.1. The van der Waals surface area contributed by atoms with E-state index in [9.17, 15) is 4.79 Å². The molecule has 1 fully saturated rings. The SMILES string of the molecule is N#Cc1cccc(N2CCN(C(=O)Nc3ccc(Cl)c(Cl)c3)CC2)c1. The van der Waals surface area contributed by atoms with Gasteiger partial charge in [-0.15, -0.1) is 0 Å². The zero-order valence-corrected chi connectivity index (χ0v) is 14.9. The zero-order chi connectivity index (χ0) is 17.8. The Bertz CT molecular complexity index is 826. The number of rotatable bonds is 2. The average molecular weight is 375 g/mol. The van der Waals surface area contributed by atoms with Gasteiger partial charge in [0.1, 0.15) is 0 Å². The number of nitrogens with one attached hydrogen (secondary N) is 1. The van der Waals surface area contributed by atoms with Crippen LogP contribution >= 0.6 is 23.2 Å². The molecule has 0 unspecified atom stereocenters. The molecule has 1 aliphatic heterocycles. The number of benzene rings is 2. The highest BCUT2D eigenvalue weighted by atomic mass is 35.5. The number of amides is 2. The third-order valence-electron chi connectivity index (χ3n) is 4.08. The van der Waals surface area contributed by atoms with Crippen LogP contribution in [0, 0.1) is 11.3 Å². The monoisotopic (exact) mass is 374 g/mol. The maximum Gasteiger partial charge on any atom is 0.321 e. The van der Waals surface area contributed by atoms with Crippen LogP contribution in [0.15, 0.2) is 42.5 Å². The molecule has 7 heteroatoms. The van der Waals surface area contributed by atoms with Gasteiger partial charge >= 0.3 is 6.03 Å². The van der Waals surface area contributed by atoms with Crippen LogP contribution in [0.25, 0.3) is 0 Å². The lowest BCUT2D eigenvalue weighted by Crippen LogP contribution is -2.50. The van der Waals surface area contributed by atoms with Crippen LogP contribution in [0.2, 0.25) is 10.0 Å². The molecule has 2 aromatic carbocycles. The quantitative estimate of drug-likeness (QED) is 0.855. The van der Waals surface area contributed by atoms with Crippen LogP contribution in [0.4, 0.5) is 16.2 Å². The molecule has 1 heterocycles. The fourth-order valence-electron chi connectivity index (χ4n) is 2.72. The van der Waals surface area contributed by atoms with Crippen molar-refractivity contribution >= 4 is 40.6 Å². The van der Waals surface area contributed by atoms with E-state index in [1.165, 1.54) is 0 Å². The van der Waals surface area contributed by atoms with Crippen molar-refractivity contribution in [3.63, 3.8) is 0 Å². The Morgan fingerprint density at radius 3 is 2.48 bits per heavy atom. The summed E-state index contributed by atoms with van der Waals surface area (Å²) in [6.07, 6.45) is 0. The molecule has 1 saturated heterocycles. The Morgan fingerprint density at radius 1 is 1.04 bits per heavy atom. The first-order valence-electron chi connectivity index (χ1n) is 7.83. The van der Waals surface area contributed by atoms with Crippen molar-refractivity contribution in [1.29, 1.82) is 5.26 Å². The predicted octanol–water partition coefficient (Wildman–Crippen LogP) is 4.22. The number of halogens is 2. The Balaban J connectivity index is 1.58. The van der Waals surface area contributed by atoms with E-state index in [1.807, 2.05) is 18.2 Å². The van der Waals surface area contributed by atoms with E-state index in [2.05, 4.69) is 16.3 Å². The van der Waals surface area contributed by atoms with Crippen LogP contribution in [0.1, 0.15) is 5.56 Å². The molecule has 2 aromatic rings. The summed E-state index contributed by atoms with van der Waals surface area (Å²) in [6.45, 7) is 2.63. The summed E-state index contributed by atoms with van der Waals surface area (Å²) in [5.74, 6) is 0. The molecule has 25 heavy (non-hydrogen) atoms. The summed E-state index contributed by atoms with van der Waals surface area (Å²) in [5, 5.41) is 12.7. The van der Waals surface area contributed by atoms with Gasteiger partial charge in [-0.3, -0.25) is 0 Å². The summed E-state index contributed by atoms with van der Waals surface area (Å²) in [4.78, 5) is 16.3. The lowest BCUT2D eigenvalue weighted by Gasteiger charge is -2.36. The Labute approximate surface area is 156 Å². The number of anilines is 2.